The number of nitrogens with zero attached hydrogens (tertiary/aromatic N) is 3. The van der Waals surface area contributed by atoms with Crippen LogP contribution in [0.25, 0.3) is 5.65 Å². The number of carboxylic acid groups (broad SMARTS) is 1. The van der Waals surface area contributed by atoms with Gasteiger partial charge in [-0.1, -0.05) is 13.0 Å². The van der Waals surface area contributed by atoms with E-state index < -0.39 is 11.5 Å². The van der Waals surface area contributed by atoms with Gasteiger partial charge in [0.15, 0.2) is 0 Å². The van der Waals surface area contributed by atoms with Gasteiger partial charge in [0.05, 0.1) is 5.69 Å². The van der Waals surface area contributed by atoms with E-state index in [0.717, 1.165) is 36.3 Å². The normalized spacial score (nSPS) is 23.0. The molecule has 1 aliphatic heterocycles. The highest BCUT2D eigenvalue weighted by atomic mass is 16.4. The van der Waals surface area contributed by atoms with Crippen LogP contribution in [0.4, 0.5) is 0 Å². The van der Waals surface area contributed by atoms with Gasteiger partial charge in [-0.05, 0) is 44.4 Å². The molecule has 0 amide bonds. The molecule has 1 fully saturated rings. The highest BCUT2D eigenvalue weighted by molar-refractivity contribution is 5.79. The molecule has 0 saturated carbocycles. The summed E-state index contributed by atoms with van der Waals surface area (Å²) in [4.78, 5) is 18.5. The number of imidazole rings is 1. The summed E-state index contributed by atoms with van der Waals surface area (Å²) in [5.41, 5.74) is 2.30. The van der Waals surface area contributed by atoms with E-state index in [4.69, 9.17) is 0 Å². The second-order valence-corrected chi connectivity index (χ2v) is 5.87. The van der Waals surface area contributed by atoms with Gasteiger partial charge in [-0.3, -0.25) is 9.69 Å². The van der Waals surface area contributed by atoms with Crippen LogP contribution in [-0.4, -0.2) is 37.4 Å². The average molecular weight is 287 g/mol. The molecule has 5 heteroatoms. The Morgan fingerprint density at radius 3 is 3.00 bits per heavy atom. The third-order valence-electron chi connectivity index (χ3n) is 4.69. The maximum atomic E-state index is 11.7. The summed E-state index contributed by atoms with van der Waals surface area (Å²) in [5, 5.41) is 9.63. The number of hydrogen-bond donors (Lipinski definition) is 1. The first-order valence-electron chi connectivity index (χ1n) is 7.48. The molecule has 2 aromatic rings. The fourth-order valence-corrected chi connectivity index (χ4v) is 3.43. The molecule has 3 heterocycles. The highest BCUT2D eigenvalue weighted by Gasteiger charge is 2.46. The largest absolute Gasteiger partial charge is 0.480 e. The molecule has 3 rings (SSSR count). The second kappa shape index (κ2) is 5.15. The first kappa shape index (κ1) is 14.1. The van der Waals surface area contributed by atoms with E-state index in [1.165, 1.54) is 0 Å². The lowest BCUT2D eigenvalue weighted by Gasteiger charge is -2.33. The Hall–Kier alpha value is -1.88. The van der Waals surface area contributed by atoms with Crippen LogP contribution in [0.15, 0.2) is 24.5 Å². The van der Waals surface area contributed by atoms with Crippen molar-refractivity contribution >= 4 is 11.6 Å². The van der Waals surface area contributed by atoms with Crippen molar-refractivity contribution in [1.82, 2.24) is 14.3 Å². The van der Waals surface area contributed by atoms with Crippen LogP contribution in [0.1, 0.15) is 37.4 Å². The molecule has 2 aromatic heterocycles. The maximum Gasteiger partial charge on any atom is 0.324 e. The van der Waals surface area contributed by atoms with Crippen molar-refractivity contribution in [3.8, 4) is 0 Å². The Morgan fingerprint density at radius 1 is 1.52 bits per heavy atom. The third kappa shape index (κ3) is 2.21. The van der Waals surface area contributed by atoms with Gasteiger partial charge in [0.1, 0.15) is 11.2 Å². The smallest absolute Gasteiger partial charge is 0.324 e. The quantitative estimate of drug-likeness (QED) is 0.938. The van der Waals surface area contributed by atoms with E-state index >= 15 is 0 Å². The van der Waals surface area contributed by atoms with E-state index in [1.54, 1.807) is 0 Å². The zero-order chi connectivity index (χ0) is 15.0. The maximum absolute atomic E-state index is 11.7. The number of aliphatic carboxylic acids is 1. The lowest BCUT2D eigenvalue weighted by atomic mass is 9.93. The molecule has 0 aliphatic carbocycles. The molecule has 0 aromatic carbocycles. The molecule has 1 N–H and O–H groups in total. The Balaban J connectivity index is 1.91. The van der Waals surface area contributed by atoms with Crippen LogP contribution < -0.4 is 0 Å². The number of pyridine rings is 1. The Labute approximate surface area is 124 Å². The van der Waals surface area contributed by atoms with Gasteiger partial charge in [-0.15, -0.1) is 0 Å². The number of likely N-dealkylation sites (tertiary alicyclic amines) is 1. The molecular formula is C16H21N3O2. The first-order chi connectivity index (χ1) is 10.1. The Kier molecular flexibility index (Phi) is 3.45. The SMILES string of the molecule is CCC1(C(=O)O)CCCN1Cc1cn2cccc(C)c2n1. The molecule has 1 unspecified atom stereocenters. The van der Waals surface area contributed by atoms with Crippen molar-refractivity contribution in [1.29, 1.82) is 0 Å². The van der Waals surface area contributed by atoms with Gasteiger partial charge in [0, 0.05) is 18.9 Å². The van der Waals surface area contributed by atoms with Gasteiger partial charge < -0.3 is 9.51 Å². The summed E-state index contributed by atoms with van der Waals surface area (Å²) in [5.74, 6) is -0.706. The van der Waals surface area contributed by atoms with Crippen LogP contribution in [0.5, 0.6) is 0 Å². The zero-order valence-electron chi connectivity index (χ0n) is 12.5. The topological polar surface area (TPSA) is 57.8 Å². The molecule has 0 bridgehead atoms. The summed E-state index contributed by atoms with van der Waals surface area (Å²) >= 11 is 0. The second-order valence-electron chi connectivity index (χ2n) is 5.87. The van der Waals surface area contributed by atoms with E-state index in [9.17, 15) is 9.90 Å². The molecule has 0 radical (unpaired) electrons. The van der Waals surface area contributed by atoms with Gasteiger partial charge in [-0.25, -0.2) is 4.98 Å². The van der Waals surface area contributed by atoms with Gasteiger partial charge in [0.2, 0.25) is 0 Å². The molecule has 5 nitrogen and oxygen atoms in total. The lowest BCUT2D eigenvalue weighted by molar-refractivity contribution is -0.150. The predicted octanol–water partition coefficient (Wildman–Crippen LogP) is 2.47. The predicted molar refractivity (Wildman–Crippen MR) is 80.2 cm³/mol. The van der Waals surface area contributed by atoms with Gasteiger partial charge in [0.25, 0.3) is 0 Å². The number of fused-ring (bicyclic) bond motifs is 1. The van der Waals surface area contributed by atoms with Crippen molar-refractivity contribution in [3.05, 3.63) is 35.8 Å². The number of aryl methyl sites for hydroxylation is 1. The van der Waals surface area contributed by atoms with Crippen LogP contribution in [0.3, 0.4) is 0 Å². The summed E-state index contributed by atoms with van der Waals surface area (Å²) in [6.45, 7) is 5.42. The minimum Gasteiger partial charge on any atom is -0.480 e. The Morgan fingerprint density at radius 2 is 2.33 bits per heavy atom. The number of carbonyl (C=O) groups is 1. The molecule has 1 aliphatic rings. The number of rotatable bonds is 4. The average Bonchev–Trinajstić information content (AvgIpc) is 3.04. The van der Waals surface area contributed by atoms with Crippen LogP contribution in [0, 0.1) is 6.92 Å². The summed E-state index contributed by atoms with van der Waals surface area (Å²) in [7, 11) is 0. The summed E-state index contributed by atoms with van der Waals surface area (Å²) in [6, 6.07) is 4.03. The minimum atomic E-state index is -0.717. The van der Waals surface area contributed by atoms with E-state index in [2.05, 4.69) is 9.88 Å². The summed E-state index contributed by atoms with van der Waals surface area (Å²) < 4.78 is 2.01. The standard InChI is InChI=1S/C16H21N3O2/c1-3-16(15(20)21)7-5-9-19(16)11-13-10-18-8-4-6-12(2)14(18)17-13/h4,6,8,10H,3,5,7,9,11H2,1-2H3,(H,20,21). The van der Waals surface area contributed by atoms with Crippen LogP contribution >= 0.6 is 0 Å². The lowest BCUT2D eigenvalue weighted by Crippen LogP contribution is -2.49. The first-order valence-corrected chi connectivity index (χ1v) is 7.48. The third-order valence-corrected chi connectivity index (χ3v) is 4.69. The molecule has 1 saturated heterocycles. The van der Waals surface area contributed by atoms with Crippen LogP contribution in [-0.2, 0) is 11.3 Å². The van der Waals surface area contributed by atoms with Gasteiger partial charge in [-0.2, -0.15) is 0 Å². The van der Waals surface area contributed by atoms with Crippen LogP contribution in [0.2, 0.25) is 0 Å². The number of aromatic nitrogens is 2. The molecule has 1 atom stereocenters. The Bertz CT molecular complexity index is 679. The number of hydrogen-bond acceptors (Lipinski definition) is 3. The fraction of sp³-hybridized carbons (Fsp3) is 0.500. The molecule has 0 spiro atoms. The van der Waals surface area contributed by atoms with Crippen molar-refractivity contribution in [3.63, 3.8) is 0 Å². The monoisotopic (exact) mass is 287 g/mol. The van der Waals surface area contributed by atoms with E-state index in [0.29, 0.717) is 13.0 Å². The van der Waals surface area contributed by atoms with Gasteiger partial charge >= 0.3 is 5.97 Å². The minimum absolute atomic E-state index is 0.598. The highest BCUT2D eigenvalue weighted by Crippen LogP contribution is 2.34. The van der Waals surface area contributed by atoms with Crippen molar-refractivity contribution in [2.24, 2.45) is 0 Å². The summed E-state index contributed by atoms with van der Waals surface area (Å²) in [6.07, 6.45) is 6.28. The van der Waals surface area contributed by atoms with Crippen molar-refractivity contribution < 1.29 is 9.90 Å². The van der Waals surface area contributed by atoms with Crippen molar-refractivity contribution in [2.45, 2.75) is 45.2 Å². The number of carboxylic acids is 1. The van der Waals surface area contributed by atoms with Crippen molar-refractivity contribution in [2.75, 3.05) is 6.54 Å². The molecular weight excluding hydrogens is 266 g/mol. The van der Waals surface area contributed by atoms with E-state index in [1.807, 2.05) is 42.8 Å². The fourth-order valence-electron chi connectivity index (χ4n) is 3.43. The zero-order valence-corrected chi connectivity index (χ0v) is 12.5. The molecule has 21 heavy (non-hydrogen) atoms. The van der Waals surface area contributed by atoms with E-state index in [-0.39, 0.29) is 0 Å². The molecule has 112 valence electrons.